The molecule has 200 valence electrons. The first-order valence-corrected chi connectivity index (χ1v) is 12.5. The van der Waals surface area contributed by atoms with Gasteiger partial charge in [0.05, 0.1) is 41.5 Å². The Morgan fingerprint density at radius 1 is 1.03 bits per heavy atom. The summed E-state index contributed by atoms with van der Waals surface area (Å²) in [5.74, 6) is 0.348. The van der Waals surface area contributed by atoms with Crippen LogP contribution in [0.3, 0.4) is 0 Å². The van der Waals surface area contributed by atoms with Crippen molar-refractivity contribution in [2.45, 2.75) is 0 Å². The van der Waals surface area contributed by atoms with Crippen LogP contribution in [-0.4, -0.2) is 81.7 Å². The van der Waals surface area contributed by atoms with Gasteiger partial charge in [0, 0.05) is 50.2 Å². The van der Waals surface area contributed by atoms with Gasteiger partial charge in [-0.2, -0.15) is 5.10 Å². The van der Waals surface area contributed by atoms with E-state index in [4.69, 9.17) is 4.74 Å². The standard InChI is InChI=1S/C28H30N8O3/c1-5-27(37)33-22-14-23(25(39-4)13-20(22)28(38)36-10-8-34(2)9-11-36)32-26-15-21(29-17-30-26)18-6-7-24-19(12-18)16-31-35(24)3/h5-7,12-17H,1,8-11H2,2-4H3,(H,33,37)(H,29,30,32). The zero-order valence-electron chi connectivity index (χ0n) is 22.1. The maximum Gasteiger partial charge on any atom is 0.256 e. The van der Waals surface area contributed by atoms with Crippen LogP contribution in [0.15, 0.2) is 61.6 Å². The van der Waals surface area contributed by atoms with Crippen molar-refractivity contribution in [2.24, 2.45) is 7.05 Å². The Morgan fingerprint density at radius 2 is 1.82 bits per heavy atom. The Bertz CT molecular complexity index is 1560. The highest BCUT2D eigenvalue weighted by molar-refractivity contribution is 6.07. The lowest BCUT2D eigenvalue weighted by molar-refractivity contribution is -0.111. The number of carbonyl (C=O) groups excluding carboxylic acids is 2. The molecule has 1 aliphatic rings. The lowest BCUT2D eigenvalue weighted by Gasteiger charge is -2.33. The topological polar surface area (TPSA) is 118 Å². The van der Waals surface area contributed by atoms with E-state index in [-0.39, 0.29) is 5.91 Å². The Kier molecular flexibility index (Phi) is 7.24. The van der Waals surface area contributed by atoms with E-state index < -0.39 is 5.91 Å². The van der Waals surface area contributed by atoms with Crippen LogP contribution in [0.25, 0.3) is 22.2 Å². The fourth-order valence-electron chi connectivity index (χ4n) is 4.53. The molecule has 5 rings (SSSR count). The molecule has 0 unspecified atom stereocenters. The lowest BCUT2D eigenvalue weighted by atomic mass is 10.1. The minimum absolute atomic E-state index is 0.178. The maximum absolute atomic E-state index is 13.5. The zero-order chi connectivity index (χ0) is 27.5. The molecule has 1 aliphatic heterocycles. The van der Waals surface area contributed by atoms with Crippen molar-refractivity contribution in [3.05, 3.63) is 67.1 Å². The molecule has 0 bridgehead atoms. The predicted molar refractivity (Wildman–Crippen MR) is 150 cm³/mol. The van der Waals surface area contributed by atoms with Gasteiger partial charge in [0.1, 0.15) is 17.9 Å². The van der Waals surface area contributed by atoms with Gasteiger partial charge in [-0.1, -0.05) is 12.6 Å². The molecule has 0 radical (unpaired) electrons. The van der Waals surface area contributed by atoms with E-state index >= 15 is 0 Å². The number of carbonyl (C=O) groups is 2. The first kappa shape index (κ1) is 25.9. The summed E-state index contributed by atoms with van der Waals surface area (Å²) in [6.45, 7) is 6.29. The molecule has 3 heterocycles. The van der Waals surface area contributed by atoms with Gasteiger partial charge in [-0.3, -0.25) is 14.3 Å². The van der Waals surface area contributed by atoms with Crippen LogP contribution >= 0.6 is 0 Å². The summed E-state index contributed by atoms with van der Waals surface area (Å²) < 4.78 is 7.46. The summed E-state index contributed by atoms with van der Waals surface area (Å²) in [6, 6.07) is 11.1. The average molecular weight is 527 g/mol. The molecule has 0 saturated carbocycles. The molecule has 11 heteroatoms. The van der Waals surface area contributed by atoms with Crippen LogP contribution in [0.1, 0.15) is 10.4 Å². The average Bonchev–Trinajstić information content (AvgIpc) is 3.33. The Hall–Kier alpha value is -4.77. The second kappa shape index (κ2) is 10.9. The van der Waals surface area contributed by atoms with Crippen molar-refractivity contribution < 1.29 is 14.3 Å². The van der Waals surface area contributed by atoms with Crippen molar-refractivity contribution >= 4 is 39.9 Å². The second-order valence-corrected chi connectivity index (χ2v) is 9.34. The number of likely N-dealkylation sites (N-methyl/N-ethyl adjacent to an activating group) is 1. The van der Waals surface area contributed by atoms with Crippen LogP contribution in [0.2, 0.25) is 0 Å². The quantitative estimate of drug-likeness (QED) is 0.352. The third-order valence-electron chi connectivity index (χ3n) is 6.78. The molecule has 0 aliphatic carbocycles. The second-order valence-electron chi connectivity index (χ2n) is 9.34. The Labute approximate surface area is 226 Å². The predicted octanol–water partition coefficient (Wildman–Crippen LogP) is 3.29. The number of methoxy groups -OCH3 is 1. The van der Waals surface area contributed by atoms with Crippen molar-refractivity contribution in [1.82, 2.24) is 29.5 Å². The van der Waals surface area contributed by atoms with E-state index in [2.05, 4.69) is 37.2 Å². The van der Waals surface area contributed by atoms with Crippen molar-refractivity contribution in [1.29, 1.82) is 0 Å². The van der Waals surface area contributed by atoms with Crippen LogP contribution in [-0.2, 0) is 11.8 Å². The number of rotatable bonds is 7. The van der Waals surface area contributed by atoms with Gasteiger partial charge in [-0.05, 0) is 37.4 Å². The number of anilines is 3. The van der Waals surface area contributed by atoms with Crippen molar-refractivity contribution in [3.63, 3.8) is 0 Å². The molecular formula is C28H30N8O3. The van der Waals surface area contributed by atoms with Gasteiger partial charge in [0.2, 0.25) is 5.91 Å². The molecule has 39 heavy (non-hydrogen) atoms. The van der Waals surface area contributed by atoms with E-state index in [1.807, 2.05) is 49.2 Å². The van der Waals surface area contributed by atoms with E-state index in [0.29, 0.717) is 41.6 Å². The fraction of sp³-hybridized carbons (Fsp3) is 0.250. The third kappa shape index (κ3) is 5.43. The Balaban J connectivity index is 1.48. The Morgan fingerprint density at radius 3 is 2.56 bits per heavy atom. The largest absolute Gasteiger partial charge is 0.495 e. The van der Waals surface area contributed by atoms with Gasteiger partial charge in [-0.15, -0.1) is 0 Å². The lowest BCUT2D eigenvalue weighted by Crippen LogP contribution is -2.47. The third-order valence-corrected chi connectivity index (χ3v) is 6.78. The summed E-state index contributed by atoms with van der Waals surface area (Å²) in [7, 11) is 5.45. The van der Waals surface area contributed by atoms with Gasteiger partial charge in [0.15, 0.2) is 0 Å². The van der Waals surface area contributed by atoms with Crippen molar-refractivity contribution in [2.75, 3.05) is 51.0 Å². The van der Waals surface area contributed by atoms with E-state index in [0.717, 1.165) is 41.3 Å². The van der Waals surface area contributed by atoms with Gasteiger partial charge in [-0.25, -0.2) is 9.97 Å². The van der Waals surface area contributed by atoms with Crippen LogP contribution in [0.5, 0.6) is 5.75 Å². The van der Waals surface area contributed by atoms with E-state index in [1.165, 1.54) is 13.4 Å². The molecule has 2 aromatic carbocycles. The molecule has 4 aromatic rings. The number of aryl methyl sites for hydroxylation is 1. The highest BCUT2D eigenvalue weighted by atomic mass is 16.5. The molecule has 1 fully saturated rings. The minimum Gasteiger partial charge on any atom is -0.495 e. The van der Waals surface area contributed by atoms with Crippen molar-refractivity contribution in [3.8, 4) is 17.0 Å². The van der Waals surface area contributed by atoms with E-state index in [9.17, 15) is 9.59 Å². The number of piperazine rings is 1. The molecule has 2 N–H and O–H groups in total. The molecule has 0 spiro atoms. The molecule has 1 saturated heterocycles. The SMILES string of the molecule is C=CC(=O)Nc1cc(Nc2cc(-c3ccc4c(cnn4C)c3)ncn2)c(OC)cc1C(=O)N1CCN(C)CC1. The maximum atomic E-state index is 13.5. The monoisotopic (exact) mass is 526 g/mol. The normalized spacial score (nSPS) is 13.8. The molecule has 0 atom stereocenters. The van der Waals surface area contributed by atoms with Gasteiger partial charge in [0.25, 0.3) is 5.91 Å². The number of amides is 2. The van der Waals surface area contributed by atoms with Gasteiger partial charge >= 0.3 is 0 Å². The van der Waals surface area contributed by atoms with Crippen LogP contribution < -0.4 is 15.4 Å². The summed E-state index contributed by atoms with van der Waals surface area (Å²) in [5.41, 5.74) is 3.88. The number of hydrogen-bond donors (Lipinski definition) is 2. The number of aromatic nitrogens is 4. The zero-order valence-corrected chi connectivity index (χ0v) is 22.1. The minimum atomic E-state index is -0.423. The number of nitrogens with zero attached hydrogens (tertiary/aromatic N) is 6. The highest BCUT2D eigenvalue weighted by Gasteiger charge is 2.25. The van der Waals surface area contributed by atoms with Crippen LogP contribution in [0, 0.1) is 0 Å². The highest BCUT2D eigenvalue weighted by Crippen LogP contribution is 2.35. The number of nitrogens with one attached hydrogen (secondary N) is 2. The number of fused-ring (bicyclic) bond motifs is 1. The number of ether oxygens (including phenoxy) is 1. The molecule has 2 aromatic heterocycles. The first-order valence-electron chi connectivity index (χ1n) is 12.5. The molecular weight excluding hydrogens is 496 g/mol. The summed E-state index contributed by atoms with van der Waals surface area (Å²) >= 11 is 0. The molecule has 2 amide bonds. The van der Waals surface area contributed by atoms with Crippen LogP contribution in [0.4, 0.5) is 17.2 Å². The number of hydrogen-bond acceptors (Lipinski definition) is 8. The smallest absolute Gasteiger partial charge is 0.256 e. The summed E-state index contributed by atoms with van der Waals surface area (Å²) in [6.07, 6.45) is 4.45. The fourth-order valence-corrected chi connectivity index (χ4v) is 4.53. The summed E-state index contributed by atoms with van der Waals surface area (Å²) in [4.78, 5) is 38.5. The van der Waals surface area contributed by atoms with Gasteiger partial charge < -0.3 is 25.2 Å². The number of benzene rings is 2. The van der Waals surface area contributed by atoms with E-state index in [1.54, 1.807) is 17.0 Å². The molecule has 11 nitrogen and oxygen atoms in total. The first-order chi connectivity index (χ1) is 18.9. The summed E-state index contributed by atoms with van der Waals surface area (Å²) in [5, 5.41) is 11.3.